The van der Waals surface area contributed by atoms with Gasteiger partial charge in [-0.1, -0.05) is 11.8 Å². The Morgan fingerprint density at radius 1 is 1.24 bits per heavy atom. The molecule has 1 aromatic rings. The van der Waals surface area contributed by atoms with E-state index in [0.29, 0.717) is 18.7 Å². The maximum atomic E-state index is 12.6. The van der Waals surface area contributed by atoms with Crippen LogP contribution in [-0.2, 0) is 14.8 Å². The van der Waals surface area contributed by atoms with E-state index in [-0.39, 0.29) is 23.7 Å². The molecule has 6 heteroatoms. The van der Waals surface area contributed by atoms with Gasteiger partial charge in [0.05, 0.1) is 17.1 Å². The monoisotopic (exact) mass is 309 g/mol. The van der Waals surface area contributed by atoms with Crippen molar-refractivity contribution in [2.45, 2.75) is 31.0 Å². The number of hydrogen-bond acceptors (Lipinski definition) is 4. The van der Waals surface area contributed by atoms with Crippen molar-refractivity contribution in [1.29, 1.82) is 0 Å². The SMILES string of the molecule is CC1CN(S(=O)(=O)c2ccc(C#CCO)cc2)CC(C)O1. The predicted molar refractivity (Wildman–Crippen MR) is 79.2 cm³/mol. The lowest BCUT2D eigenvalue weighted by atomic mass is 10.2. The van der Waals surface area contributed by atoms with Gasteiger partial charge in [-0.3, -0.25) is 0 Å². The zero-order valence-electron chi connectivity index (χ0n) is 12.1. The third kappa shape index (κ3) is 3.83. The number of ether oxygens (including phenoxy) is 1. The summed E-state index contributed by atoms with van der Waals surface area (Å²) in [6.07, 6.45) is -0.226. The normalized spacial score (nSPS) is 23.4. The van der Waals surface area contributed by atoms with Gasteiger partial charge < -0.3 is 9.84 Å². The van der Waals surface area contributed by atoms with Crippen LogP contribution in [0.4, 0.5) is 0 Å². The predicted octanol–water partition coefficient (Wildman–Crippen LogP) is 0.828. The van der Waals surface area contributed by atoms with Gasteiger partial charge in [0.2, 0.25) is 10.0 Å². The summed E-state index contributed by atoms with van der Waals surface area (Å²) < 4.78 is 32.2. The largest absolute Gasteiger partial charge is 0.384 e. The molecule has 0 spiro atoms. The highest BCUT2D eigenvalue weighted by atomic mass is 32.2. The summed E-state index contributed by atoms with van der Waals surface area (Å²) in [6, 6.07) is 6.37. The van der Waals surface area contributed by atoms with Gasteiger partial charge >= 0.3 is 0 Å². The van der Waals surface area contributed by atoms with E-state index in [9.17, 15) is 8.42 Å². The summed E-state index contributed by atoms with van der Waals surface area (Å²) in [4.78, 5) is 0.248. The average Bonchev–Trinajstić information content (AvgIpc) is 2.44. The highest BCUT2D eigenvalue weighted by Gasteiger charge is 2.31. The molecule has 1 aliphatic heterocycles. The number of rotatable bonds is 2. The molecule has 0 radical (unpaired) electrons. The summed E-state index contributed by atoms with van der Waals surface area (Å²) in [5.41, 5.74) is 0.673. The van der Waals surface area contributed by atoms with Crippen molar-refractivity contribution in [2.24, 2.45) is 0 Å². The number of nitrogens with zero attached hydrogens (tertiary/aromatic N) is 1. The second-order valence-electron chi connectivity index (χ2n) is 5.06. The Kier molecular flexibility index (Phi) is 5.01. The van der Waals surface area contributed by atoms with Crippen LogP contribution in [0.25, 0.3) is 0 Å². The topological polar surface area (TPSA) is 66.8 Å². The molecule has 1 heterocycles. The molecule has 0 amide bonds. The lowest BCUT2D eigenvalue weighted by molar-refractivity contribution is -0.0440. The lowest BCUT2D eigenvalue weighted by Gasteiger charge is -2.34. The number of aliphatic hydroxyl groups excluding tert-OH is 1. The maximum Gasteiger partial charge on any atom is 0.243 e. The Balaban J connectivity index is 2.23. The summed E-state index contributed by atoms with van der Waals surface area (Å²) in [5, 5.41) is 8.64. The van der Waals surface area contributed by atoms with Crippen LogP contribution in [0.5, 0.6) is 0 Å². The Morgan fingerprint density at radius 3 is 2.33 bits per heavy atom. The summed E-state index contributed by atoms with van der Waals surface area (Å²) in [7, 11) is -3.51. The Labute approximate surface area is 125 Å². The fourth-order valence-corrected chi connectivity index (χ4v) is 3.92. The van der Waals surface area contributed by atoms with Crippen LogP contribution < -0.4 is 0 Å². The van der Waals surface area contributed by atoms with E-state index < -0.39 is 10.0 Å². The third-order valence-electron chi connectivity index (χ3n) is 3.19. The zero-order valence-corrected chi connectivity index (χ0v) is 12.9. The van der Waals surface area contributed by atoms with Crippen LogP contribution >= 0.6 is 0 Å². The quantitative estimate of drug-likeness (QED) is 0.822. The fourth-order valence-electron chi connectivity index (χ4n) is 2.33. The first-order valence-electron chi connectivity index (χ1n) is 6.79. The van der Waals surface area contributed by atoms with E-state index >= 15 is 0 Å². The molecular formula is C15H19NO4S. The summed E-state index contributed by atoms with van der Waals surface area (Å²) >= 11 is 0. The van der Waals surface area contributed by atoms with Crippen LogP contribution in [0.1, 0.15) is 19.4 Å². The molecule has 1 saturated heterocycles. The van der Waals surface area contributed by atoms with E-state index in [0.717, 1.165) is 0 Å². The molecule has 1 aliphatic rings. The molecule has 0 aromatic heterocycles. The van der Waals surface area contributed by atoms with Crippen LogP contribution in [0.3, 0.4) is 0 Å². The van der Waals surface area contributed by atoms with Gasteiger partial charge in [-0.15, -0.1) is 0 Å². The average molecular weight is 309 g/mol. The second-order valence-corrected chi connectivity index (χ2v) is 7.00. The number of sulfonamides is 1. The van der Waals surface area contributed by atoms with Crippen molar-refractivity contribution < 1.29 is 18.3 Å². The fraction of sp³-hybridized carbons (Fsp3) is 0.467. The van der Waals surface area contributed by atoms with Gasteiger partial charge in [-0.2, -0.15) is 4.31 Å². The van der Waals surface area contributed by atoms with E-state index in [1.807, 2.05) is 13.8 Å². The third-order valence-corrected chi connectivity index (χ3v) is 5.04. The zero-order chi connectivity index (χ0) is 15.5. The van der Waals surface area contributed by atoms with Crippen molar-refractivity contribution in [3.05, 3.63) is 29.8 Å². The number of hydrogen-bond donors (Lipinski definition) is 1. The standard InChI is InChI=1S/C15H19NO4S/c1-12-10-16(11-13(2)20-12)21(18,19)15-7-5-14(6-8-15)4-3-9-17/h5-8,12-13,17H,9-11H2,1-2H3. The second kappa shape index (κ2) is 6.58. The van der Waals surface area contributed by atoms with Crippen molar-refractivity contribution in [2.75, 3.05) is 19.7 Å². The van der Waals surface area contributed by atoms with Gasteiger partial charge in [-0.25, -0.2) is 8.42 Å². The van der Waals surface area contributed by atoms with Gasteiger partial charge in [0.25, 0.3) is 0 Å². The van der Waals surface area contributed by atoms with Gasteiger partial charge in [-0.05, 0) is 38.1 Å². The van der Waals surface area contributed by atoms with Crippen molar-refractivity contribution >= 4 is 10.0 Å². The highest BCUT2D eigenvalue weighted by Crippen LogP contribution is 2.21. The molecule has 0 saturated carbocycles. The van der Waals surface area contributed by atoms with Crippen LogP contribution in [0.15, 0.2) is 29.2 Å². The Hall–Kier alpha value is -1.39. The van der Waals surface area contributed by atoms with Crippen LogP contribution in [0, 0.1) is 11.8 Å². The van der Waals surface area contributed by atoms with Crippen LogP contribution in [-0.4, -0.2) is 49.7 Å². The van der Waals surface area contributed by atoms with Gasteiger partial charge in [0, 0.05) is 18.7 Å². The number of aliphatic hydroxyl groups is 1. The summed E-state index contributed by atoms with van der Waals surface area (Å²) in [5.74, 6) is 5.27. The highest BCUT2D eigenvalue weighted by molar-refractivity contribution is 7.89. The molecule has 2 unspecified atom stereocenters. The van der Waals surface area contributed by atoms with Crippen molar-refractivity contribution in [1.82, 2.24) is 4.31 Å². The number of morpholine rings is 1. The number of benzene rings is 1. The minimum absolute atomic E-state index is 0.113. The minimum atomic E-state index is -3.51. The van der Waals surface area contributed by atoms with Crippen molar-refractivity contribution in [3.63, 3.8) is 0 Å². The molecule has 2 atom stereocenters. The van der Waals surface area contributed by atoms with E-state index in [1.165, 1.54) is 4.31 Å². The lowest BCUT2D eigenvalue weighted by Crippen LogP contribution is -2.48. The summed E-state index contributed by atoms with van der Waals surface area (Å²) in [6.45, 7) is 4.23. The molecule has 1 N–H and O–H groups in total. The van der Waals surface area contributed by atoms with E-state index in [2.05, 4.69) is 11.8 Å². The first kappa shape index (κ1) is 16.0. The first-order valence-corrected chi connectivity index (χ1v) is 8.23. The Bertz CT molecular complexity index is 632. The van der Waals surface area contributed by atoms with E-state index in [4.69, 9.17) is 9.84 Å². The Morgan fingerprint density at radius 2 is 1.81 bits per heavy atom. The molecule has 0 aliphatic carbocycles. The molecule has 21 heavy (non-hydrogen) atoms. The molecule has 2 rings (SSSR count). The molecular weight excluding hydrogens is 290 g/mol. The molecule has 1 fully saturated rings. The first-order chi connectivity index (χ1) is 9.93. The van der Waals surface area contributed by atoms with Crippen molar-refractivity contribution in [3.8, 4) is 11.8 Å². The van der Waals surface area contributed by atoms with Gasteiger partial charge in [0.1, 0.15) is 6.61 Å². The minimum Gasteiger partial charge on any atom is -0.384 e. The molecule has 5 nitrogen and oxygen atoms in total. The maximum absolute atomic E-state index is 12.6. The smallest absolute Gasteiger partial charge is 0.243 e. The van der Waals surface area contributed by atoms with Gasteiger partial charge in [0.15, 0.2) is 0 Å². The molecule has 0 bridgehead atoms. The molecule has 114 valence electrons. The molecule has 1 aromatic carbocycles. The van der Waals surface area contributed by atoms with Crippen LogP contribution in [0.2, 0.25) is 0 Å². The van der Waals surface area contributed by atoms with E-state index in [1.54, 1.807) is 24.3 Å².